The molecule has 3 aromatic rings. The monoisotopic (exact) mass is 336 g/mol. The van der Waals surface area contributed by atoms with E-state index in [9.17, 15) is 9.90 Å². The number of para-hydroxylation sites is 1. The Morgan fingerprint density at radius 3 is 3.00 bits per heavy atom. The van der Waals surface area contributed by atoms with Gasteiger partial charge in [-0.2, -0.15) is 0 Å². The van der Waals surface area contributed by atoms with Crippen LogP contribution in [0.2, 0.25) is 0 Å². The number of rotatable bonds is 6. The molecule has 0 amide bonds. The Balaban J connectivity index is 1.47. The fraction of sp³-hybridized carbons (Fsp3) is 0.300. The molecule has 0 saturated carbocycles. The zero-order valence-electron chi connectivity index (χ0n) is 13.9. The summed E-state index contributed by atoms with van der Waals surface area (Å²) in [6, 6.07) is 11.1. The largest absolute Gasteiger partial charge is 0.480 e. The minimum absolute atomic E-state index is 0.372. The van der Waals surface area contributed by atoms with Crippen LogP contribution < -0.4 is 5.32 Å². The molecular weight excluding hydrogens is 316 g/mol. The number of pyridine rings is 1. The third-order valence-corrected chi connectivity index (χ3v) is 4.80. The molecule has 1 unspecified atom stereocenters. The van der Waals surface area contributed by atoms with Crippen molar-refractivity contribution in [2.75, 3.05) is 0 Å². The Hall–Kier alpha value is -2.66. The maximum Gasteiger partial charge on any atom is 0.321 e. The summed E-state index contributed by atoms with van der Waals surface area (Å²) < 4.78 is 5.51. The predicted octanol–water partition coefficient (Wildman–Crippen LogP) is 3.10. The quantitative estimate of drug-likeness (QED) is 0.723. The van der Waals surface area contributed by atoms with Crippen LogP contribution >= 0.6 is 0 Å². The van der Waals surface area contributed by atoms with Gasteiger partial charge >= 0.3 is 5.97 Å². The Kier molecular flexibility index (Phi) is 4.24. The Morgan fingerprint density at radius 2 is 2.12 bits per heavy atom. The van der Waals surface area contributed by atoms with Crippen molar-refractivity contribution in [1.82, 2.24) is 10.3 Å². The minimum Gasteiger partial charge on any atom is -0.480 e. The van der Waals surface area contributed by atoms with Crippen molar-refractivity contribution in [3.05, 3.63) is 65.2 Å². The molecule has 5 nitrogen and oxygen atoms in total. The van der Waals surface area contributed by atoms with Gasteiger partial charge in [0.05, 0.1) is 12.0 Å². The first-order chi connectivity index (χ1) is 12.2. The standard InChI is InChI=1S/C20H20N2O3/c23-20(24)18(10-14-12-25-19-7-2-1-5-16(14)19)21-11-15-9-8-13-4-3-6-17(13)22-15/h1-2,5,7-9,12,18,21H,3-4,6,10-11H2,(H,23,24). The normalized spacial score (nSPS) is 14.6. The molecule has 1 aliphatic rings. The number of aliphatic carboxylic acids is 1. The molecule has 0 fully saturated rings. The maximum absolute atomic E-state index is 11.7. The van der Waals surface area contributed by atoms with Crippen molar-refractivity contribution in [1.29, 1.82) is 0 Å². The van der Waals surface area contributed by atoms with E-state index >= 15 is 0 Å². The number of furan rings is 1. The molecule has 0 spiro atoms. The summed E-state index contributed by atoms with van der Waals surface area (Å²) in [7, 11) is 0. The molecule has 1 aliphatic carbocycles. The molecule has 0 aliphatic heterocycles. The number of benzene rings is 1. The zero-order chi connectivity index (χ0) is 17.2. The highest BCUT2D eigenvalue weighted by molar-refractivity contribution is 5.82. The van der Waals surface area contributed by atoms with Gasteiger partial charge in [0.15, 0.2) is 0 Å². The summed E-state index contributed by atoms with van der Waals surface area (Å²) in [4.78, 5) is 16.3. The molecule has 2 N–H and O–H groups in total. The van der Waals surface area contributed by atoms with E-state index in [2.05, 4.69) is 16.4 Å². The number of hydrogen-bond donors (Lipinski definition) is 2. The number of aromatic nitrogens is 1. The van der Waals surface area contributed by atoms with Gasteiger partial charge < -0.3 is 9.52 Å². The molecule has 4 rings (SSSR count). The first-order valence-corrected chi connectivity index (χ1v) is 8.59. The van der Waals surface area contributed by atoms with Crippen LogP contribution in [0.3, 0.4) is 0 Å². The van der Waals surface area contributed by atoms with E-state index < -0.39 is 12.0 Å². The van der Waals surface area contributed by atoms with Gasteiger partial charge in [0.25, 0.3) is 0 Å². The van der Waals surface area contributed by atoms with Crippen LogP contribution in [-0.4, -0.2) is 22.1 Å². The zero-order valence-corrected chi connectivity index (χ0v) is 13.9. The predicted molar refractivity (Wildman–Crippen MR) is 94.4 cm³/mol. The summed E-state index contributed by atoms with van der Waals surface area (Å²) in [6.45, 7) is 0.444. The minimum atomic E-state index is -0.869. The summed E-state index contributed by atoms with van der Waals surface area (Å²) in [5.74, 6) is -0.869. The highest BCUT2D eigenvalue weighted by Gasteiger charge is 2.20. The summed E-state index contributed by atoms with van der Waals surface area (Å²) in [6.07, 6.45) is 5.30. The number of nitrogens with zero attached hydrogens (tertiary/aromatic N) is 1. The van der Waals surface area contributed by atoms with Crippen LogP contribution in [0.1, 0.15) is 28.9 Å². The first kappa shape index (κ1) is 15.8. The average Bonchev–Trinajstić information content (AvgIpc) is 3.24. The van der Waals surface area contributed by atoms with Crippen molar-refractivity contribution in [3.8, 4) is 0 Å². The van der Waals surface area contributed by atoms with Crippen LogP contribution in [0.25, 0.3) is 11.0 Å². The van der Waals surface area contributed by atoms with Crippen molar-refractivity contribution in [2.24, 2.45) is 0 Å². The molecule has 1 aromatic carbocycles. The molecule has 1 atom stereocenters. The highest BCUT2D eigenvalue weighted by Crippen LogP contribution is 2.22. The second kappa shape index (κ2) is 6.69. The van der Waals surface area contributed by atoms with Gasteiger partial charge in [0, 0.05) is 29.6 Å². The average molecular weight is 336 g/mol. The van der Waals surface area contributed by atoms with Crippen molar-refractivity contribution < 1.29 is 14.3 Å². The van der Waals surface area contributed by atoms with E-state index in [1.807, 2.05) is 30.3 Å². The van der Waals surface area contributed by atoms with E-state index in [0.29, 0.717) is 13.0 Å². The van der Waals surface area contributed by atoms with E-state index in [1.54, 1.807) is 6.26 Å². The molecule has 2 heterocycles. The van der Waals surface area contributed by atoms with Crippen LogP contribution in [-0.2, 0) is 30.6 Å². The Morgan fingerprint density at radius 1 is 1.24 bits per heavy atom. The number of aryl methyl sites for hydroxylation is 2. The smallest absolute Gasteiger partial charge is 0.321 e. The van der Waals surface area contributed by atoms with Crippen LogP contribution in [0, 0.1) is 0 Å². The van der Waals surface area contributed by atoms with E-state index in [-0.39, 0.29) is 0 Å². The van der Waals surface area contributed by atoms with Crippen LogP contribution in [0.15, 0.2) is 47.1 Å². The number of carbonyl (C=O) groups is 1. The SMILES string of the molecule is O=C(O)C(Cc1coc2ccccc12)NCc1ccc2c(n1)CCC2. The number of carboxylic acids is 1. The van der Waals surface area contributed by atoms with Gasteiger partial charge in [-0.1, -0.05) is 24.3 Å². The van der Waals surface area contributed by atoms with E-state index in [0.717, 1.165) is 47.2 Å². The molecule has 128 valence electrons. The highest BCUT2D eigenvalue weighted by atomic mass is 16.4. The van der Waals surface area contributed by atoms with Crippen molar-refractivity contribution >= 4 is 16.9 Å². The third-order valence-electron chi connectivity index (χ3n) is 4.80. The van der Waals surface area contributed by atoms with E-state index in [1.165, 1.54) is 5.56 Å². The third kappa shape index (κ3) is 3.28. The van der Waals surface area contributed by atoms with Crippen molar-refractivity contribution in [2.45, 2.75) is 38.3 Å². The van der Waals surface area contributed by atoms with Crippen LogP contribution in [0.5, 0.6) is 0 Å². The molecule has 25 heavy (non-hydrogen) atoms. The first-order valence-electron chi connectivity index (χ1n) is 8.59. The molecule has 0 saturated heterocycles. The van der Waals surface area contributed by atoms with Gasteiger partial charge in [-0.3, -0.25) is 15.1 Å². The summed E-state index contributed by atoms with van der Waals surface area (Å²) in [5, 5.41) is 13.7. The van der Waals surface area contributed by atoms with Gasteiger partial charge in [-0.15, -0.1) is 0 Å². The summed E-state index contributed by atoms with van der Waals surface area (Å²) >= 11 is 0. The fourth-order valence-corrected chi connectivity index (χ4v) is 3.45. The number of nitrogens with one attached hydrogen (secondary N) is 1. The van der Waals surface area contributed by atoms with Crippen LogP contribution in [0.4, 0.5) is 0 Å². The maximum atomic E-state index is 11.7. The fourth-order valence-electron chi connectivity index (χ4n) is 3.45. The molecular formula is C20H20N2O3. The summed E-state index contributed by atoms with van der Waals surface area (Å²) in [5.41, 5.74) is 5.05. The Labute approximate surface area is 145 Å². The molecule has 2 aromatic heterocycles. The lowest BCUT2D eigenvalue weighted by molar-refractivity contribution is -0.139. The van der Waals surface area contributed by atoms with Crippen molar-refractivity contribution in [3.63, 3.8) is 0 Å². The number of carboxylic acid groups (broad SMARTS) is 1. The van der Waals surface area contributed by atoms with Gasteiger partial charge in [0.2, 0.25) is 0 Å². The Bertz CT molecular complexity index is 916. The second-order valence-corrected chi connectivity index (χ2v) is 6.49. The second-order valence-electron chi connectivity index (χ2n) is 6.49. The molecule has 5 heteroatoms. The van der Waals surface area contributed by atoms with E-state index in [4.69, 9.17) is 4.42 Å². The molecule has 0 radical (unpaired) electrons. The molecule has 0 bridgehead atoms. The lowest BCUT2D eigenvalue weighted by atomic mass is 10.0. The lowest BCUT2D eigenvalue weighted by Crippen LogP contribution is -2.38. The number of fused-ring (bicyclic) bond motifs is 2. The topological polar surface area (TPSA) is 75.4 Å². The van der Waals surface area contributed by atoms with Gasteiger partial charge in [0.1, 0.15) is 11.6 Å². The lowest BCUT2D eigenvalue weighted by Gasteiger charge is -2.14. The number of hydrogen-bond acceptors (Lipinski definition) is 4. The van der Waals surface area contributed by atoms with Gasteiger partial charge in [-0.05, 0) is 37.0 Å². The van der Waals surface area contributed by atoms with Gasteiger partial charge in [-0.25, -0.2) is 0 Å².